The average Bonchev–Trinajstić information content (AvgIpc) is 3.19. The fraction of sp³-hybridized carbons (Fsp3) is 0.304. The van der Waals surface area contributed by atoms with Crippen LogP contribution in [-0.4, -0.2) is 35.2 Å². The molecule has 0 saturated heterocycles. The van der Waals surface area contributed by atoms with Crippen molar-refractivity contribution in [2.75, 3.05) is 25.0 Å². The molecule has 3 rings (SSSR count). The normalized spacial score (nSPS) is 11.9. The van der Waals surface area contributed by atoms with Crippen molar-refractivity contribution in [2.45, 2.75) is 18.8 Å². The number of carbonyl (C=O) groups is 1. The average molecular weight is 529 g/mol. The van der Waals surface area contributed by atoms with E-state index in [9.17, 15) is 4.79 Å². The lowest BCUT2D eigenvalue weighted by atomic mass is 9.95. The van der Waals surface area contributed by atoms with Gasteiger partial charge in [0.05, 0.1) is 32.1 Å². The summed E-state index contributed by atoms with van der Waals surface area (Å²) in [7, 11) is 1.95. The summed E-state index contributed by atoms with van der Waals surface area (Å²) >= 11 is 24.3. The molecule has 0 fully saturated rings. The highest BCUT2D eigenvalue weighted by Crippen LogP contribution is 2.28. The van der Waals surface area contributed by atoms with Crippen molar-refractivity contribution in [1.29, 1.82) is 0 Å². The number of anilines is 1. The van der Waals surface area contributed by atoms with E-state index in [0.29, 0.717) is 32.3 Å². The summed E-state index contributed by atoms with van der Waals surface area (Å²) < 4.78 is 1.93. The van der Waals surface area contributed by atoms with Crippen LogP contribution < -0.4 is 16.0 Å². The topological polar surface area (TPSA) is 71.0 Å². The van der Waals surface area contributed by atoms with Crippen LogP contribution in [0.25, 0.3) is 0 Å². The molecule has 1 unspecified atom stereocenters. The molecule has 1 atom stereocenters. The fourth-order valence-electron chi connectivity index (χ4n) is 3.33. The van der Waals surface area contributed by atoms with Crippen LogP contribution in [0.1, 0.15) is 23.6 Å². The number of hydrogen-bond acceptors (Lipinski definition) is 3. The zero-order valence-corrected chi connectivity index (χ0v) is 21.1. The number of nitrogens with zero attached hydrogens (tertiary/aromatic N) is 2. The summed E-state index contributed by atoms with van der Waals surface area (Å²) in [4.78, 5) is 16.8. The van der Waals surface area contributed by atoms with Gasteiger partial charge in [-0.2, -0.15) is 0 Å². The van der Waals surface area contributed by atoms with Crippen molar-refractivity contribution in [2.24, 2.45) is 7.05 Å². The monoisotopic (exact) mass is 527 g/mol. The second-order valence-electron chi connectivity index (χ2n) is 7.65. The number of halogens is 4. The summed E-state index contributed by atoms with van der Waals surface area (Å²) in [5.74, 6) is 0.0432. The Hall–Kier alpha value is -1.96. The highest BCUT2D eigenvalue weighted by molar-refractivity contribution is 6.42. The first-order valence-electron chi connectivity index (χ1n) is 10.4. The maximum Gasteiger partial charge on any atom is 0.319 e. The minimum absolute atomic E-state index is 0.0432. The number of benzene rings is 2. The van der Waals surface area contributed by atoms with Gasteiger partial charge in [-0.05, 0) is 48.9 Å². The molecule has 0 aliphatic heterocycles. The molecule has 0 saturated carbocycles. The second kappa shape index (κ2) is 12.5. The summed E-state index contributed by atoms with van der Waals surface area (Å²) in [6, 6.07) is 10.2. The zero-order valence-electron chi connectivity index (χ0n) is 18.0. The van der Waals surface area contributed by atoms with Crippen LogP contribution >= 0.6 is 46.4 Å². The van der Waals surface area contributed by atoms with Gasteiger partial charge < -0.3 is 20.5 Å². The third-order valence-electron chi connectivity index (χ3n) is 5.09. The Labute approximate surface area is 213 Å². The van der Waals surface area contributed by atoms with E-state index in [1.165, 1.54) is 0 Å². The van der Waals surface area contributed by atoms with Gasteiger partial charge in [-0.3, -0.25) is 0 Å². The van der Waals surface area contributed by atoms with Crippen molar-refractivity contribution in [3.05, 3.63) is 80.3 Å². The number of imidazole rings is 1. The van der Waals surface area contributed by atoms with Crippen LogP contribution in [0.15, 0.2) is 48.9 Å². The van der Waals surface area contributed by atoms with E-state index in [0.717, 1.165) is 37.2 Å². The molecule has 2 aromatic carbocycles. The molecule has 2 amide bonds. The summed E-state index contributed by atoms with van der Waals surface area (Å²) in [6.07, 6.45) is 5.46. The van der Waals surface area contributed by atoms with Crippen LogP contribution in [-0.2, 0) is 13.5 Å². The molecule has 0 bridgehead atoms. The zero-order chi connectivity index (χ0) is 23.8. The Balaban J connectivity index is 1.54. The smallest absolute Gasteiger partial charge is 0.319 e. The van der Waals surface area contributed by atoms with Crippen molar-refractivity contribution in [3.63, 3.8) is 0 Å². The SMILES string of the molecule is Cn1cnc(CCNCCC(CNC(=O)Nc2ccc(Cl)c(Cl)c2)c2ccc(Cl)c(Cl)c2)c1. The summed E-state index contributed by atoms with van der Waals surface area (Å²) in [5, 5.41) is 10.9. The van der Waals surface area contributed by atoms with Crippen LogP contribution in [0.3, 0.4) is 0 Å². The molecule has 0 radical (unpaired) electrons. The molecule has 176 valence electrons. The molecule has 6 nitrogen and oxygen atoms in total. The lowest BCUT2D eigenvalue weighted by molar-refractivity contribution is 0.251. The van der Waals surface area contributed by atoms with Gasteiger partial charge in [-0.1, -0.05) is 52.5 Å². The van der Waals surface area contributed by atoms with Crippen LogP contribution in [0.5, 0.6) is 0 Å². The largest absolute Gasteiger partial charge is 0.340 e. The lowest BCUT2D eigenvalue weighted by Crippen LogP contribution is -2.33. The third-order valence-corrected chi connectivity index (χ3v) is 6.57. The van der Waals surface area contributed by atoms with Gasteiger partial charge in [-0.25, -0.2) is 9.78 Å². The Morgan fingerprint density at radius 2 is 1.73 bits per heavy atom. The van der Waals surface area contributed by atoms with E-state index < -0.39 is 0 Å². The van der Waals surface area contributed by atoms with Gasteiger partial charge in [0, 0.05) is 44.4 Å². The highest BCUT2D eigenvalue weighted by Gasteiger charge is 2.15. The Bertz CT molecular complexity index is 1090. The first-order valence-corrected chi connectivity index (χ1v) is 12.0. The van der Waals surface area contributed by atoms with E-state index in [4.69, 9.17) is 46.4 Å². The molecular weight excluding hydrogens is 504 g/mol. The Morgan fingerprint density at radius 1 is 1.00 bits per heavy atom. The summed E-state index contributed by atoms with van der Waals surface area (Å²) in [6.45, 7) is 2.01. The second-order valence-corrected chi connectivity index (χ2v) is 9.28. The van der Waals surface area contributed by atoms with Gasteiger partial charge in [-0.15, -0.1) is 0 Å². The number of nitrogens with one attached hydrogen (secondary N) is 3. The minimum Gasteiger partial charge on any atom is -0.340 e. The predicted octanol–water partition coefficient (Wildman–Crippen LogP) is 6.16. The molecule has 3 N–H and O–H groups in total. The van der Waals surface area contributed by atoms with E-state index in [1.807, 2.05) is 29.9 Å². The van der Waals surface area contributed by atoms with Crippen molar-refractivity contribution < 1.29 is 4.79 Å². The number of aromatic nitrogens is 2. The van der Waals surface area contributed by atoms with E-state index >= 15 is 0 Å². The third kappa shape index (κ3) is 8.09. The standard InChI is InChI=1S/C23H25Cl4N5O/c1-32-13-18(30-14-32)7-9-28-8-6-16(15-2-4-19(24)21(26)10-15)12-29-23(33)31-17-3-5-20(25)22(27)11-17/h2-5,10-11,13-14,16,28H,6-9,12H2,1H3,(H2,29,31,33). The highest BCUT2D eigenvalue weighted by atomic mass is 35.5. The molecular formula is C23H25Cl4N5O. The molecule has 1 aromatic heterocycles. The number of amides is 2. The lowest BCUT2D eigenvalue weighted by Gasteiger charge is -2.19. The number of aryl methyl sites for hydroxylation is 1. The maximum atomic E-state index is 12.4. The van der Waals surface area contributed by atoms with Crippen molar-refractivity contribution >= 4 is 58.1 Å². The summed E-state index contributed by atoms with van der Waals surface area (Å²) in [5.41, 5.74) is 2.61. The van der Waals surface area contributed by atoms with Gasteiger partial charge in [0.15, 0.2) is 0 Å². The molecule has 1 heterocycles. The van der Waals surface area contributed by atoms with Crippen molar-refractivity contribution in [1.82, 2.24) is 20.2 Å². The molecule has 33 heavy (non-hydrogen) atoms. The molecule has 3 aromatic rings. The quantitative estimate of drug-likeness (QED) is 0.276. The van der Waals surface area contributed by atoms with Gasteiger partial charge in [0.2, 0.25) is 0 Å². The molecule has 0 aliphatic rings. The Morgan fingerprint density at radius 3 is 2.39 bits per heavy atom. The van der Waals surface area contributed by atoms with Gasteiger partial charge in [0.25, 0.3) is 0 Å². The first-order chi connectivity index (χ1) is 15.8. The van der Waals surface area contributed by atoms with Crippen LogP contribution in [0.2, 0.25) is 20.1 Å². The van der Waals surface area contributed by atoms with Crippen LogP contribution in [0.4, 0.5) is 10.5 Å². The first kappa shape index (κ1) is 25.7. The minimum atomic E-state index is -0.332. The van der Waals surface area contributed by atoms with Gasteiger partial charge in [0.1, 0.15) is 0 Å². The Kier molecular flexibility index (Phi) is 9.71. The number of urea groups is 1. The van der Waals surface area contributed by atoms with E-state index in [1.54, 1.807) is 30.6 Å². The van der Waals surface area contributed by atoms with E-state index in [2.05, 4.69) is 20.9 Å². The molecule has 0 aliphatic carbocycles. The van der Waals surface area contributed by atoms with Crippen molar-refractivity contribution in [3.8, 4) is 0 Å². The number of hydrogen-bond donors (Lipinski definition) is 3. The van der Waals surface area contributed by atoms with E-state index in [-0.39, 0.29) is 11.9 Å². The fourth-order valence-corrected chi connectivity index (χ4v) is 3.94. The van der Waals surface area contributed by atoms with Crippen LogP contribution in [0, 0.1) is 0 Å². The van der Waals surface area contributed by atoms with Gasteiger partial charge >= 0.3 is 6.03 Å². The predicted molar refractivity (Wildman–Crippen MR) is 137 cm³/mol. The number of carbonyl (C=O) groups excluding carboxylic acids is 1. The molecule has 10 heteroatoms. The molecule has 0 spiro atoms. The number of rotatable bonds is 10. The maximum absolute atomic E-state index is 12.4.